The number of para-hydroxylation sites is 1. The van der Waals surface area contributed by atoms with E-state index in [1.165, 1.54) is 0 Å². The van der Waals surface area contributed by atoms with E-state index in [2.05, 4.69) is 10.3 Å². The number of hydrogen-bond acceptors (Lipinski definition) is 4. The van der Waals surface area contributed by atoms with Gasteiger partial charge in [-0.3, -0.25) is 4.79 Å². The fourth-order valence-corrected chi connectivity index (χ4v) is 3.15. The van der Waals surface area contributed by atoms with Crippen molar-refractivity contribution in [2.24, 2.45) is 0 Å². The third-order valence-electron chi connectivity index (χ3n) is 3.80. The lowest BCUT2D eigenvalue weighted by molar-refractivity contribution is 0.102. The zero-order valence-corrected chi connectivity index (χ0v) is 15.3. The highest BCUT2D eigenvalue weighted by molar-refractivity contribution is 7.09. The Balaban J connectivity index is 1.76. The number of nitrogens with one attached hydrogen (secondary N) is 1. The van der Waals surface area contributed by atoms with Gasteiger partial charge in [-0.2, -0.15) is 0 Å². The number of ether oxygens (including phenoxy) is 1. The lowest BCUT2D eigenvalue weighted by atomic mass is 10.1. The van der Waals surface area contributed by atoms with Crippen molar-refractivity contribution >= 4 is 22.9 Å². The Labute approximate surface area is 151 Å². The number of aromatic nitrogens is 1. The van der Waals surface area contributed by atoms with E-state index in [1.54, 1.807) is 23.5 Å². The number of carbonyl (C=O) groups is 1. The first kappa shape index (κ1) is 17.2. The molecule has 0 fully saturated rings. The molecule has 0 atom stereocenters. The van der Waals surface area contributed by atoms with Crippen LogP contribution in [0.2, 0.25) is 0 Å². The molecule has 128 valence electrons. The quantitative estimate of drug-likeness (QED) is 0.710. The Hall–Kier alpha value is -2.66. The zero-order chi connectivity index (χ0) is 17.8. The number of hydrogen-bond donors (Lipinski definition) is 1. The van der Waals surface area contributed by atoms with Gasteiger partial charge >= 0.3 is 0 Å². The van der Waals surface area contributed by atoms with Crippen LogP contribution in [-0.2, 0) is 6.61 Å². The molecule has 0 unspecified atom stereocenters. The van der Waals surface area contributed by atoms with Gasteiger partial charge in [0.25, 0.3) is 5.91 Å². The number of aryl methyl sites for hydroxylation is 3. The van der Waals surface area contributed by atoms with E-state index >= 15 is 0 Å². The van der Waals surface area contributed by atoms with Crippen molar-refractivity contribution in [3.8, 4) is 5.75 Å². The monoisotopic (exact) mass is 352 g/mol. The largest absolute Gasteiger partial charge is 0.486 e. The van der Waals surface area contributed by atoms with Crippen molar-refractivity contribution in [2.45, 2.75) is 27.4 Å². The van der Waals surface area contributed by atoms with Gasteiger partial charge in [0.15, 0.2) is 0 Å². The average molecular weight is 352 g/mol. The van der Waals surface area contributed by atoms with E-state index in [0.29, 0.717) is 17.9 Å². The summed E-state index contributed by atoms with van der Waals surface area (Å²) in [6, 6.07) is 13.2. The van der Waals surface area contributed by atoms with Crippen molar-refractivity contribution < 1.29 is 9.53 Å². The lowest BCUT2D eigenvalue weighted by Gasteiger charge is -2.12. The summed E-state index contributed by atoms with van der Waals surface area (Å²) >= 11 is 1.58. The third-order valence-corrected chi connectivity index (χ3v) is 4.63. The number of benzene rings is 2. The SMILES string of the molecule is Cc1ccc(NC(=O)c2ccccc2OCc2csc(C)n2)c(C)c1. The van der Waals surface area contributed by atoms with E-state index in [9.17, 15) is 4.79 Å². The third kappa shape index (κ3) is 4.25. The van der Waals surface area contributed by atoms with Gasteiger partial charge in [0.2, 0.25) is 0 Å². The van der Waals surface area contributed by atoms with Crippen molar-refractivity contribution in [3.63, 3.8) is 0 Å². The summed E-state index contributed by atoms with van der Waals surface area (Å²) in [5.74, 6) is 0.368. The van der Waals surface area contributed by atoms with Crippen LogP contribution in [0, 0.1) is 20.8 Å². The molecule has 0 radical (unpaired) electrons. The fraction of sp³-hybridized carbons (Fsp3) is 0.200. The molecule has 0 bridgehead atoms. The fourth-order valence-electron chi connectivity index (χ4n) is 2.55. The first-order valence-electron chi connectivity index (χ1n) is 8.04. The summed E-state index contributed by atoms with van der Waals surface area (Å²) in [5, 5.41) is 5.93. The van der Waals surface area contributed by atoms with E-state index in [1.807, 2.05) is 56.5 Å². The molecule has 1 amide bonds. The minimum Gasteiger partial charge on any atom is -0.486 e. The van der Waals surface area contributed by atoms with Crippen LogP contribution in [0.15, 0.2) is 47.8 Å². The first-order valence-corrected chi connectivity index (χ1v) is 8.92. The highest BCUT2D eigenvalue weighted by atomic mass is 32.1. The summed E-state index contributed by atoms with van der Waals surface area (Å²) in [6.07, 6.45) is 0. The molecule has 1 aromatic heterocycles. The number of amides is 1. The number of anilines is 1. The molecule has 0 aliphatic rings. The zero-order valence-electron chi connectivity index (χ0n) is 14.5. The highest BCUT2D eigenvalue weighted by Gasteiger charge is 2.14. The molecule has 0 aliphatic carbocycles. The number of rotatable bonds is 5. The molecule has 1 N–H and O–H groups in total. The molecule has 0 spiro atoms. The van der Waals surface area contributed by atoms with E-state index in [4.69, 9.17) is 4.74 Å². The standard InChI is InChI=1S/C20H20N2O2S/c1-13-8-9-18(14(2)10-13)22-20(23)17-6-4-5-7-19(17)24-11-16-12-25-15(3)21-16/h4-10,12H,11H2,1-3H3,(H,22,23). The van der Waals surface area contributed by atoms with Crippen LogP contribution in [0.5, 0.6) is 5.75 Å². The maximum atomic E-state index is 12.7. The molecule has 3 rings (SSSR count). The average Bonchev–Trinajstić information content (AvgIpc) is 3.01. The van der Waals surface area contributed by atoms with Gasteiger partial charge in [-0.1, -0.05) is 29.8 Å². The molecule has 4 nitrogen and oxygen atoms in total. The second-order valence-electron chi connectivity index (χ2n) is 5.92. The molecule has 0 saturated heterocycles. The van der Waals surface area contributed by atoms with Crippen LogP contribution in [0.4, 0.5) is 5.69 Å². The van der Waals surface area contributed by atoms with Crippen LogP contribution in [0.1, 0.15) is 32.2 Å². The van der Waals surface area contributed by atoms with Gasteiger partial charge in [0.05, 0.1) is 16.3 Å². The van der Waals surface area contributed by atoms with Crippen molar-refractivity contribution in [3.05, 3.63) is 75.2 Å². The van der Waals surface area contributed by atoms with Crippen molar-refractivity contribution in [1.29, 1.82) is 0 Å². The van der Waals surface area contributed by atoms with Gasteiger partial charge in [0, 0.05) is 11.1 Å². The van der Waals surface area contributed by atoms with Gasteiger partial charge in [-0.15, -0.1) is 11.3 Å². The van der Waals surface area contributed by atoms with Crippen molar-refractivity contribution in [1.82, 2.24) is 4.98 Å². The summed E-state index contributed by atoms with van der Waals surface area (Å²) in [7, 11) is 0. The Morgan fingerprint density at radius 2 is 1.96 bits per heavy atom. The van der Waals surface area contributed by atoms with Crippen LogP contribution < -0.4 is 10.1 Å². The predicted molar refractivity (Wildman–Crippen MR) is 101 cm³/mol. The molecule has 3 aromatic rings. The second-order valence-corrected chi connectivity index (χ2v) is 6.98. The van der Waals surface area contributed by atoms with E-state index in [0.717, 1.165) is 27.5 Å². The smallest absolute Gasteiger partial charge is 0.259 e. The number of carbonyl (C=O) groups excluding carboxylic acids is 1. The summed E-state index contributed by atoms with van der Waals surface area (Å²) in [4.78, 5) is 17.1. The van der Waals surface area contributed by atoms with Crippen molar-refractivity contribution in [2.75, 3.05) is 5.32 Å². The number of thiazole rings is 1. The highest BCUT2D eigenvalue weighted by Crippen LogP contribution is 2.23. The summed E-state index contributed by atoms with van der Waals surface area (Å²) in [5.41, 5.74) is 4.38. The Bertz CT molecular complexity index is 902. The minimum absolute atomic E-state index is 0.183. The van der Waals surface area contributed by atoms with Crippen LogP contribution in [0.25, 0.3) is 0 Å². The molecule has 0 aliphatic heterocycles. The van der Waals surface area contributed by atoms with Crippen LogP contribution >= 0.6 is 11.3 Å². The molecule has 0 saturated carbocycles. The summed E-state index contributed by atoms with van der Waals surface area (Å²) in [6.45, 7) is 6.31. The predicted octanol–water partition coefficient (Wildman–Crippen LogP) is 4.90. The normalized spacial score (nSPS) is 10.5. The minimum atomic E-state index is -0.183. The van der Waals surface area contributed by atoms with Gasteiger partial charge < -0.3 is 10.1 Å². The van der Waals surface area contributed by atoms with Crippen LogP contribution in [0.3, 0.4) is 0 Å². The Kier molecular flexibility index (Phi) is 5.14. The lowest BCUT2D eigenvalue weighted by Crippen LogP contribution is -2.14. The Morgan fingerprint density at radius 3 is 2.68 bits per heavy atom. The topological polar surface area (TPSA) is 51.2 Å². The molecule has 2 aromatic carbocycles. The van der Waals surface area contributed by atoms with Gasteiger partial charge in [0.1, 0.15) is 12.4 Å². The van der Waals surface area contributed by atoms with E-state index < -0.39 is 0 Å². The molecule has 5 heteroatoms. The number of nitrogens with zero attached hydrogens (tertiary/aromatic N) is 1. The first-order chi connectivity index (χ1) is 12.0. The van der Waals surface area contributed by atoms with E-state index in [-0.39, 0.29) is 5.91 Å². The molecular weight excluding hydrogens is 332 g/mol. The Morgan fingerprint density at radius 1 is 1.16 bits per heavy atom. The van der Waals surface area contributed by atoms with Gasteiger partial charge in [-0.25, -0.2) is 4.98 Å². The maximum Gasteiger partial charge on any atom is 0.259 e. The molecule has 25 heavy (non-hydrogen) atoms. The second kappa shape index (κ2) is 7.49. The van der Waals surface area contributed by atoms with Crippen LogP contribution in [-0.4, -0.2) is 10.9 Å². The van der Waals surface area contributed by atoms with Gasteiger partial charge in [-0.05, 0) is 44.5 Å². The maximum absolute atomic E-state index is 12.7. The molecule has 1 heterocycles. The molecular formula is C20H20N2O2S. The summed E-state index contributed by atoms with van der Waals surface area (Å²) < 4.78 is 5.83.